The number of nitrogens with one attached hydrogen (secondary N) is 1. The number of aryl methyl sites for hydroxylation is 1. The maximum Gasteiger partial charge on any atom is 0.341 e. The molecule has 0 bridgehead atoms. The highest BCUT2D eigenvalue weighted by atomic mass is 16.5. The number of H-pyrrole nitrogens is 1. The molecule has 1 aromatic carbocycles. The van der Waals surface area contributed by atoms with Crippen LogP contribution in [0.15, 0.2) is 36.5 Å². The van der Waals surface area contributed by atoms with Crippen LogP contribution < -0.4 is 0 Å². The maximum absolute atomic E-state index is 11.8. The van der Waals surface area contributed by atoms with Crippen LogP contribution in [0.4, 0.5) is 0 Å². The Morgan fingerprint density at radius 2 is 2.04 bits per heavy atom. The summed E-state index contributed by atoms with van der Waals surface area (Å²) in [6.07, 6.45) is 1.48. The number of aromatic nitrogens is 3. The van der Waals surface area contributed by atoms with Crippen molar-refractivity contribution in [3.05, 3.63) is 64.7 Å². The number of rotatable bonds is 4. The zero-order valence-corrected chi connectivity index (χ0v) is 14.3. The van der Waals surface area contributed by atoms with Gasteiger partial charge in [-0.25, -0.2) is 4.79 Å². The van der Waals surface area contributed by atoms with Gasteiger partial charge in [0.05, 0.1) is 37.2 Å². The molecule has 0 amide bonds. The zero-order chi connectivity index (χ0) is 18.0. The highest BCUT2D eigenvalue weighted by Crippen LogP contribution is 2.28. The standard InChI is InChI=1S/C19H18N4O2/c1-12-8-16(15-6-4-14(9-20)5-7-15)13(2)23(12)11-18-17(10-21-22-18)19(24)25-3/h4-8,10H,11H2,1-3H3,(H,21,22). The van der Waals surface area contributed by atoms with Gasteiger partial charge in [-0.05, 0) is 37.6 Å². The van der Waals surface area contributed by atoms with Gasteiger partial charge in [-0.3, -0.25) is 5.10 Å². The van der Waals surface area contributed by atoms with Crippen LogP contribution in [0.5, 0.6) is 0 Å². The average molecular weight is 334 g/mol. The average Bonchev–Trinajstić information content (AvgIpc) is 3.21. The number of methoxy groups -OCH3 is 1. The van der Waals surface area contributed by atoms with Crippen LogP contribution in [-0.2, 0) is 11.3 Å². The predicted octanol–water partition coefficient (Wildman–Crippen LogP) is 3.20. The zero-order valence-electron chi connectivity index (χ0n) is 14.3. The molecule has 0 unspecified atom stereocenters. The Kier molecular flexibility index (Phi) is 4.40. The van der Waals surface area contributed by atoms with E-state index >= 15 is 0 Å². The second-order valence-electron chi connectivity index (χ2n) is 5.81. The molecule has 126 valence electrons. The number of carbonyl (C=O) groups is 1. The third kappa shape index (κ3) is 3.04. The van der Waals surface area contributed by atoms with Crippen LogP contribution in [0.2, 0.25) is 0 Å². The number of hydrogen-bond acceptors (Lipinski definition) is 4. The van der Waals surface area contributed by atoms with E-state index in [-0.39, 0.29) is 0 Å². The number of aromatic amines is 1. The predicted molar refractivity (Wildman–Crippen MR) is 93.1 cm³/mol. The van der Waals surface area contributed by atoms with Gasteiger partial charge in [-0.2, -0.15) is 10.4 Å². The molecule has 0 saturated heterocycles. The van der Waals surface area contributed by atoms with Crippen molar-refractivity contribution in [2.45, 2.75) is 20.4 Å². The Morgan fingerprint density at radius 3 is 2.68 bits per heavy atom. The summed E-state index contributed by atoms with van der Waals surface area (Å²) in [6, 6.07) is 11.7. The van der Waals surface area contributed by atoms with Crippen LogP contribution in [0.3, 0.4) is 0 Å². The molecule has 3 aromatic rings. The van der Waals surface area contributed by atoms with E-state index in [0.717, 1.165) is 22.5 Å². The highest BCUT2D eigenvalue weighted by Gasteiger charge is 2.17. The van der Waals surface area contributed by atoms with Crippen molar-refractivity contribution < 1.29 is 9.53 Å². The molecule has 0 radical (unpaired) electrons. The Hall–Kier alpha value is -3.33. The summed E-state index contributed by atoms with van der Waals surface area (Å²) in [6.45, 7) is 4.56. The molecule has 3 rings (SSSR count). The molecule has 0 fully saturated rings. The van der Waals surface area contributed by atoms with Crippen molar-refractivity contribution in [2.24, 2.45) is 0 Å². The summed E-state index contributed by atoms with van der Waals surface area (Å²) in [5, 5.41) is 15.8. The molecule has 1 N–H and O–H groups in total. The smallest absolute Gasteiger partial charge is 0.341 e. The summed E-state index contributed by atoms with van der Waals surface area (Å²) >= 11 is 0. The Balaban J connectivity index is 1.96. The normalized spacial score (nSPS) is 10.5. The Labute approximate surface area is 145 Å². The van der Waals surface area contributed by atoms with Crippen molar-refractivity contribution in [1.82, 2.24) is 14.8 Å². The summed E-state index contributed by atoms with van der Waals surface area (Å²) in [4.78, 5) is 11.8. The molecule has 6 heteroatoms. The molecule has 0 aliphatic rings. The van der Waals surface area contributed by atoms with Crippen molar-refractivity contribution in [2.75, 3.05) is 7.11 Å². The first-order chi connectivity index (χ1) is 12.0. The fourth-order valence-corrected chi connectivity index (χ4v) is 2.94. The molecule has 0 atom stereocenters. The van der Waals surface area contributed by atoms with E-state index < -0.39 is 5.97 Å². The van der Waals surface area contributed by atoms with Gasteiger partial charge >= 0.3 is 5.97 Å². The first-order valence-electron chi connectivity index (χ1n) is 7.83. The van der Waals surface area contributed by atoms with E-state index in [9.17, 15) is 4.79 Å². The monoisotopic (exact) mass is 334 g/mol. The number of nitriles is 1. The van der Waals surface area contributed by atoms with Gasteiger partial charge in [0, 0.05) is 17.0 Å². The molecular weight excluding hydrogens is 316 g/mol. The lowest BCUT2D eigenvalue weighted by Gasteiger charge is -2.10. The Morgan fingerprint density at radius 1 is 1.32 bits per heavy atom. The minimum atomic E-state index is -0.404. The van der Waals surface area contributed by atoms with E-state index in [4.69, 9.17) is 10.00 Å². The summed E-state index contributed by atoms with van der Waals surface area (Å²) in [7, 11) is 1.36. The van der Waals surface area contributed by atoms with Gasteiger partial charge in [-0.1, -0.05) is 12.1 Å². The van der Waals surface area contributed by atoms with Gasteiger partial charge in [0.1, 0.15) is 5.56 Å². The number of hydrogen-bond donors (Lipinski definition) is 1. The summed E-state index contributed by atoms with van der Waals surface area (Å²) < 4.78 is 6.91. The van der Waals surface area contributed by atoms with Crippen LogP contribution in [-0.4, -0.2) is 27.8 Å². The van der Waals surface area contributed by atoms with Crippen LogP contribution in [0.25, 0.3) is 11.1 Å². The van der Waals surface area contributed by atoms with Gasteiger partial charge < -0.3 is 9.30 Å². The quantitative estimate of drug-likeness (QED) is 0.743. The minimum absolute atomic E-state index is 0.404. The first kappa shape index (κ1) is 16.5. The first-order valence-corrected chi connectivity index (χ1v) is 7.83. The second-order valence-corrected chi connectivity index (χ2v) is 5.81. The van der Waals surface area contributed by atoms with Gasteiger partial charge in [-0.15, -0.1) is 0 Å². The van der Waals surface area contributed by atoms with Crippen LogP contribution in [0.1, 0.15) is 33.0 Å². The third-order valence-corrected chi connectivity index (χ3v) is 4.34. The molecule has 0 aliphatic carbocycles. The van der Waals surface area contributed by atoms with E-state index in [1.165, 1.54) is 13.3 Å². The molecule has 2 aromatic heterocycles. The second kappa shape index (κ2) is 6.65. The molecule has 6 nitrogen and oxygen atoms in total. The minimum Gasteiger partial charge on any atom is -0.465 e. The maximum atomic E-state index is 11.8. The Bertz CT molecular complexity index is 958. The van der Waals surface area contributed by atoms with Crippen molar-refractivity contribution in [1.29, 1.82) is 5.26 Å². The fraction of sp³-hybridized carbons (Fsp3) is 0.211. The topological polar surface area (TPSA) is 83.7 Å². The van der Waals surface area contributed by atoms with E-state index in [2.05, 4.69) is 26.9 Å². The lowest BCUT2D eigenvalue weighted by molar-refractivity contribution is 0.0599. The molecular formula is C19H18N4O2. The van der Waals surface area contributed by atoms with E-state index in [0.29, 0.717) is 23.4 Å². The van der Waals surface area contributed by atoms with Crippen molar-refractivity contribution in [3.8, 4) is 17.2 Å². The number of nitrogens with zero attached hydrogens (tertiary/aromatic N) is 3. The van der Waals surface area contributed by atoms with E-state index in [1.54, 1.807) is 0 Å². The number of benzene rings is 1. The van der Waals surface area contributed by atoms with Gasteiger partial charge in [0.2, 0.25) is 0 Å². The summed E-state index contributed by atoms with van der Waals surface area (Å²) in [5.41, 5.74) is 6.08. The molecule has 2 heterocycles. The highest BCUT2D eigenvalue weighted by molar-refractivity contribution is 5.90. The van der Waals surface area contributed by atoms with Crippen LogP contribution in [0, 0.1) is 25.2 Å². The number of esters is 1. The largest absolute Gasteiger partial charge is 0.465 e. The van der Waals surface area contributed by atoms with Crippen molar-refractivity contribution >= 4 is 5.97 Å². The lowest BCUT2D eigenvalue weighted by Crippen LogP contribution is -2.10. The molecule has 0 spiro atoms. The fourth-order valence-electron chi connectivity index (χ4n) is 2.94. The third-order valence-electron chi connectivity index (χ3n) is 4.34. The van der Waals surface area contributed by atoms with Gasteiger partial charge in [0.15, 0.2) is 0 Å². The molecule has 25 heavy (non-hydrogen) atoms. The van der Waals surface area contributed by atoms with E-state index in [1.807, 2.05) is 38.1 Å². The molecule has 0 saturated carbocycles. The van der Waals surface area contributed by atoms with Crippen molar-refractivity contribution in [3.63, 3.8) is 0 Å². The molecule has 0 aliphatic heterocycles. The number of carbonyl (C=O) groups excluding carboxylic acids is 1. The van der Waals surface area contributed by atoms with Gasteiger partial charge in [0.25, 0.3) is 0 Å². The van der Waals surface area contributed by atoms with Crippen LogP contribution >= 0.6 is 0 Å². The SMILES string of the molecule is COC(=O)c1cn[nH]c1Cn1c(C)cc(-c2ccc(C#N)cc2)c1C. The lowest BCUT2D eigenvalue weighted by atomic mass is 10.0. The summed E-state index contributed by atoms with van der Waals surface area (Å²) in [5.74, 6) is -0.404. The number of ether oxygens (including phenoxy) is 1.